The molecular weight excluding hydrogens is 224 g/mol. The SMILES string of the molecule is ClCCCc1nnc(CC2CCCCC2)o1. The molecule has 1 aliphatic carbocycles. The van der Waals surface area contributed by atoms with Crippen LogP contribution in [0.4, 0.5) is 0 Å². The Balaban J connectivity index is 1.81. The number of alkyl halides is 1. The minimum Gasteiger partial charge on any atom is -0.425 e. The lowest BCUT2D eigenvalue weighted by atomic mass is 9.87. The monoisotopic (exact) mass is 242 g/mol. The highest BCUT2D eigenvalue weighted by Gasteiger charge is 2.17. The number of nitrogens with zero attached hydrogens (tertiary/aromatic N) is 2. The molecular formula is C12H19ClN2O. The molecule has 1 aromatic rings. The second kappa shape index (κ2) is 6.24. The second-order valence-electron chi connectivity index (χ2n) is 4.59. The average molecular weight is 243 g/mol. The van der Waals surface area contributed by atoms with Crippen molar-refractivity contribution in [2.75, 3.05) is 5.88 Å². The summed E-state index contributed by atoms with van der Waals surface area (Å²) in [7, 11) is 0. The predicted octanol–water partition coefficient (Wildman–Crippen LogP) is 3.36. The molecule has 3 nitrogen and oxygen atoms in total. The zero-order chi connectivity index (χ0) is 11.2. The molecule has 0 N–H and O–H groups in total. The molecule has 2 rings (SSSR count). The first kappa shape index (κ1) is 11.9. The van der Waals surface area contributed by atoms with Gasteiger partial charge in [-0.25, -0.2) is 0 Å². The molecule has 90 valence electrons. The van der Waals surface area contributed by atoms with Crippen molar-refractivity contribution in [2.24, 2.45) is 5.92 Å². The number of hydrogen-bond acceptors (Lipinski definition) is 3. The molecule has 1 aromatic heterocycles. The molecule has 16 heavy (non-hydrogen) atoms. The average Bonchev–Trinajstić information content (AvgIpc) is 2.75. The molecule has 0 unspecified atom stereocenters. The smallest absolute Gasteiger partial charge is 0.216 e. The Morgan fingerprint density at radius 1 is 1.12 bits per heavy atom. The maximum atomic E-state index is 5.62. The van der Waals surface area contributed by atoms with Crippen molar-refractivity contribution < 1.29 is 4.42 Å². The van der Waals surface area contributed by atoms with Crippen LogP contribution in [0.25, 0.3) is 0 Å². The summed E-state index contributed by atoms with van der Waals surface area (Å²) in [6, 6.07) is 0. The van der Waals surface area contributed by atoms with Gasteiger partial charge in [-0.2, -0.15) is 0 Å². The molecule has 0 radical (unpaired) electrons. The Hall–Kier alpha value is -0.570. The van der Waals surface area contributed by atoms with E-state index >= 15 is 0 Å². The van der Waals surface area contributed by atoms with Crippen molar-refractivity contribution in [3.63, 3.8) is 0 Å². The van der Waals surface area contributed by atoms with Gasteiger partial charge in [0.05, 0.1) is 0 Å². The van der Waals surface area contributed by atoms with Crippen LogP contribution in [0.5, 0.6) is 0 Å². The molecule has 0 aromatic carbocycles. The summed E-state index contributed by atoms with van der Waals surface area (Å²) < 4.78 is 5.61. The van der Waals surface area contributed by atoms with Crippen LogP contribution in [0.2, 0.25) is 0 Å². The van der Waals surface area contributed by atoms with Crippen molar-refractivity contribution in [1.29, 1.82) is 0 Å². The summed E-state index contributed by atoms with van der Waals surface area (Å²) in [5, 5.41) is 8.15. The van der Waals surface area contributed by atoms with Gasteiger partial charge in [-0.05, 0) is 25.2 Å². The van der Waals surface area contributed by atoms with E-state index in [0.29, 0.717) is 5.88 Å². The maximum Gasteiger partial charge on any atom is 0.216 e. The summed E-state index contributed by atoms with van der Waals surface area (Å²) in [6.45, 7) is 0. The van der Waals surface area contributed by atoms with Crippen molar-refractivity contribution in [3.8, 4) is 0 Å². The fourth-order valence-electron chi connectivity index (χ4n) is 2.33. The summed E-state index contributed by atoms with van der Waals surface area (Å²) >= 11 is 5.62. The lowest BCUT2D eigenvalue weighted by Crippen LogP contribution is -2.09. The van der Waals surface area contributed by atoms with Crippen LogP contribution in [0.3, 0.4) is 0 Å². The first-order chi connectivity index (χ1) is 7.88. The zero-order valence-electron chi connectivity index (χ0n) is 9.62. The third kappa shape index (κ3) is 3.48. The second-order valence-corrected chi connectivity index (χ2v) is 4.97. The van der Waals surface area contributed by atoms with Crippen LogP contribution < -0.4 is 0 Å². The van der Waals surface area contributed by atoms with E-state index in [1.54, 1.807) is 0 Å². The molecule has 0 amide bonds. The van der Waals surface area contributed by atoms with E-state index < -0.39 is 0 Å². The molecule has 0 aliphatic heterocycles. The zero-order valence-corrected chi connectivity index (χ0v) is 10.4. The van der Waals surface area contributed by atoms with Gasteiger partial charge in [0.1, 0.15) is 0 Å². The van der Waals surface area contributed by atoms with Crippen LogP contribution in [-0.2, 0) is 12.8 Å². The van der Waals surface area contributed by atoms with Gasteiger partial charge in [-0.3, -0.25) is 0 Å². The molecule has 4 heteroatoms. The molecule has 1 fully saturated rings. The highest BCUT2D eigenvalue weighted by atomic mass is 35.5. The molecule has 1 saturated carbocycles. The molecule has 0 spiro atoms. The van der Waals surface area contributed by atoms with E-state index in [0.717, 1.165) is 37.0 Å². The lowest BCUT2D eigenvalue weighted by molar-refractivity contribution is 0.324. The normalized spacial score (nSPS) is 17.8. The minimum absolute atomic E-state index is 0.653. The lowest BCUT2D eigenvalue weighted by Gasteiger charge is -2.19. The summed E-state index contributed by atoms with van der Waals surface area (Å²) in [6.07, 6.45) is 9.43. The molecule has 0 atom stereocenters. The number of aromatic nitrogens is 2. The van der Waals surface area contributed by atoms with Gasteiger partial charge in [0.25, 0.3) is 0 Å². The molecule has 1 aliphatic rings. The van der Waals surface area contributed by atoms with Gasteiger partial charge in [-0.1, -0.05) is 19.3 Å². The Morgan fingerprint density at radius 3 is 2.62 bits per heavy atom. The largest absolute Gasteiger partial charge is 0.425 e. The van der Waals surface area contributed by atoms with Crippen molar-refractivity contribution >= 4 is 11.6 Å². The molecule has 0 bridgehead atoms. The number of halogens is 1. The van der Waals surface area contributed by atoms with Gasteiger partial charge < -0.3 is 4.42 Å². The van der Waals surface area contributed by atoms with E-state index in [1.807, 2.05) is 0 Å². The Morgan fingerprint density at radius 2 is 1.88 bits per heavy atom. The highest BCUT2D eigenvalue weighted by Crippen LogP contribution is 2.26. The number of hydrogen-bond donors (Lipinski definition) is 0. The maximum absolute atomic E-state index is 5.62. The fourth-order valence-corrected chi connectivity index (χ4v) is 2.46. The van der Waals surface area contributed by atoms with Crippen LogP contribution in [0, 0.1) is 5.92 Å². The van der Waals surface area contributed by atoms with Gasteiger partial charge in [-0.15, -0.1) is 21.8 Å². The van der Waals surface area contributed by atoms with Crippen LogP contribution in [0.15, 0.2) is 4.42 Å². The number of aryl methyl sites for hydroxylation is 1. The Bertz CT molecular complexity index is 308. The Labute approximate surface area is 102 Å². The van der Waals surface area contributed by atoms with Gasteiger partial charge in [0.2, 0.25) is 11.8 Å². The third-order valence-corrected chi connectivity index (χ3v) is 3.49. The first-order valence-corrected chi connectivity index (χ1v) is 6.79. The van der Waals surface area contributed by atoms with Gasteiger partial charge in [0, 0.05) is 18.7 Å². The molecule has 1 heterocycles. The highest BCUT2D eigenvalue weighted by molar-refractivity contribution is 6.17. The molecule has 0 saturated heterocycles. The third-order valence-electron chi connectivity index (χ3n) is 3.22. The van der Waals surface area contributed by atoms with Crippen molar-refractivity contribution in [3.05, 3.63) is 11.8 Å². The van der Waals surface area contributed by atoms with Gasteiger partial charge in [0.15, 0.2) is 0 Å². The fraction of sp³-hybridized carbons (Fsp3) is 0.833. The standard InChI is InChI=1S/C12H19ClN2O/c13-8-4-7-11-14-15-12(16-11)9-10-5-2-1-3-6-10/h10H,1-9H2. The summed E-state index contributed by atoms with van der Waals surface area (Å²) in [4.78, 5) is 0. The predicted molar refractivity (Wildman–Crippen MR) is 63.6 cm³/mol. The van der Waals surface area contributed by atoms with Crippen LogP contribution >= 0.6 is 11.6 Å². The summed E-state index contributed by atoms with van der Waals surface area (Å²) in [5.41, 5.74) is 0. The van der Waals surface area contributed by atoms with E-state index in [1.165, 1.54) is 32.1 Å². The summed E-state index contributed by atoms with van der Waals surface area (Å²) in [5.74, 6) is 2.97. The van der Waals surface area contributed by atoms with E-state index in [2.05, 4.69) is 10.2 Å². The van der Waals surface area contributed by atoms with E-state index in [4.69, 9.17) is 16.0 Å². The first-order valence-electron chi connectivity index (χ1n) is 6.25. The quantitative estimate of drug-likeness (QED) is 0.744. The Kier molecular flexibility index (Phi) is 4.64. The van der Waals surface area contributed by atoms with Crippen molar-refractivity contribution in [2.45, 2.75) is 51.4 Å². The van der Waals surface area contributed by atoms with E-state index in [9.17, 15) is 0 Å². The van der Waals surface area contributed by atoms with Crippen molar-refractivity contribution in [1.82, 2.24) is 10.2 Å². The van der Waals surface area contributed by atoms with E-state index in [-0.39, 0.29) is 0 Å². The van der Waals surface area contributed by atoms with Crippen LogP contribution in [-0.4, -0.2) is 16.1 Å². The number of rotatable bonds is 5. The topological polar surface area (TPSA) is 38.9 Å². The van der Waals surface area contributed by atoms with Crippen LogP contribution in [0.1, 0.15) is 50.3 Å². The minimum atomic E-state index is 0.653. The van der Waals surface area contributed by atoms with Gasteiger partial charge >= 0.3 is 0 Å².